The van der Waals surface area contributed by atoms with Gasteiger partial charge in [0.25, 0.3) is 0 Å². The fourth-order valence-corrected chi connectivity index (χ4v) is 5.03. The molecule has 1 aliphatic rings. The molecule has 0 bridgehead atoms. The summed E-state index contributed by atoms with van der Waals surface area (Å²) in [5, 5.41) is 0. The summed E-state index contributed by atoms with van der Waals surface area (Å²) in [6.07, 6.45) is 2.40. The Bertz CT molecular complexity index is 1170. The molecule has 2 aromatic carbocycles. The van der Waals surface area contributed by atoms with Crippen LogP contribution in [0.25, 0.3) is 0 Å². The van der Waals surface area contributed by atoms with E-state index in [0.717, 1.165) is 55.9 Å². The Kier molecular flexibility index (Phi) is 18.5. The summed E-state index contributed by atoms with van der Waals surface area (Å²) < 4.78 is 42.1. The quantitative estimate of drug-likeness (QED) is 0.183. The number of aryl methyl sites for hydroxylation is 1. The van der Waals surface area contributed by atoms with E-state index in [1.54, 1.807) is 21.0 Å². The summed E-state index contributed by atoms with van der Waals surface area (Å²) in [7, 11) is 1.80. The summed E-state index contributed by atoms with van der Waals surface area (Å²) in [5.41, 5.74) is 4.27. The summed E-state index contributed by atoms with van der Waals surface area (Å²) in [4.78, 5) is 18.7. The van der Waals surface area contributed by atoms with Crippen molar-refractivity contribution in [3.05, 3.63) is 64.7 Å². The normalized spacial score (nSPS) is 17.1. The monoisotopic (exact) mass is 632 g/mol. The number of hydrogen-bond acceptors (Lipinski definition) is 4. The highest BCUT2D eigenvalue weighted by Crippen LogP contribution is 2.30. The number of ether oxygens (including phenoxy) is 1. The Hall–Kier alpha value is -2.51. The zero-order valence-corrected chi connectivity index (χ0v) is 29.6. The van der Waals surface area contributed by atoms with Crippen molar-refractivity contribution in [1.29, 1.82) is 0 Å². The van der Waals surface area contributed by atoms with Crippen LogP contribution in [0.3, 0.4) is 0 Å². The number of nitrogens with zero attached hydrogens (tertiary/aromatic N) is 2. The Labute approximate surface area is 271 Å². The molecule has 0 aromatic heterocycles. The van der Waals surface area contributed by atoms with E-state index < -0.39 is 11.7 Å². The molecule has 1 aliphatic carbocycles. The first kappa shape index (κ1) is 40.5. The van der Waals surface area contributed by atoms with E-state index in [1.807, 2.05) is 0 Å². The van der Waals surface area contributed by atoms with Crippen LogP contribution in [-0.2, 0) is 17.5 Å². The van der Waals surface area contributed by atoms with E-state index in [2.05, 4.69) is 71.6 Å². The van der Waals surface area contributed by atoms with E-state index in [9.17, 15) is 18.0 Å². The molecule has 1 fully saturated rings. The number of aliphatic imine (C=N–C) groups is 1. The predicted molar refractivity (Wildman–Crippen MR) is 184 cm³/mol. The molecule has 0 spiro atoms. The van der Waals surface area contributed by atoms with Crippen molar-refractivity contribution >= 4 is 17.2 Å². The zero-order valence-electron chi connectivity index (χ0n) is 29.6. The van der Waals surface area contributed by atoms with Crippen LogP contribution < -0.4 is 0 Å². The van der Waals surface area contributed by atoms with Crippen LogP contribution in [0.4, 0.5) is 18.9 Å². The Morgan fingerprint density at radius 3 is 2.16 bits per heavy atom. The van der Waals surface area contributed by atoms with Gasteiger partial charge in [0.1, 0.15) is 0 Å². The van der Waals surface area contributed by atoms with Crippen LogP contribution in [0.2, 0.25) is 0 Å². The first-order valence-corrected chi connectivity index (χ1v) is 16.7. The van der Waals surface area contributed by atoms with Gasteiger partial charge in [-0.1, -0.05) is 85.6 Å². The predicted octanol–water partition coefficient (Wildman–Crippen LogP) is 11.0. The summed E-state index contributed by atoms with van der Waals surface area (Å²) in [6.45, 7) is 23.0. The van der Waals surface area contributed by atoms with Crippen LogP contribution in [0.1, 0.15) is 115 Å². The fraction of sp³-hybridized carbons (Fsp3) is 0.632. The topological polar surface area (TPSA) is 41.9 Å². The third kappa shape index (κ3) is 15.6. The average Bonchev–Trinajstić information content (AvgIpc) is 2.99. The Balaban J connectivity index is 0.000000357. The maximum absolute atomic E-state index is 12.3. The molecule has 0 radical (unpaired) electrons. The number of Topliss-reactive ketones (excluding diaryl/α,β-unsaturated/α-hetero) is 1. The number of benzene rings is 2. The van der Waals surface area contributed by atoms with Crippen LogP contribution in [-0.4, -0.2) is 43.2 Å². The van der Waals surface area contributed by atoms with Gasteiger partial charge in [0.15, 0.2) is 5.78 Å². The molecule has 0 aliphatic heterocycles. The van der Waals surface area contributed by atoms with Crippen molar-refractivity contribution in [3.8, 4) is 0 Å². The van der Waals surface area contributed by atoms with Gasteiger partial charge in [-0.05, 0) is 93.3 Å². The van der Waals surface area contributed by atoms with Gasteiger partial charge in [-0.25, -0.2) is 0 Å². The maximum atomic E-state index is 12.3. The molecule has 0 N–H and O–H groups in total. The third-order valence-corrected chi connectivity index (χ3v) is 8.34. The second kappa shape index (κ2) is 20.6. The van der Waals surface area contributed by atoms with E-state index >= 15 is 0 Å². The molecular weight excluding hydrogens is 573 g/mol. The van der Waals surface area contributed by atoms with Gasteiger partial charge in [-0.3, -0.25) is 14.7 Å². The number of methoxy groups -OCH3 is 1. The zero-order chi connectivity index (χ0) is 34.2. The highest BCUT2D eigenvalue weighted by Gasteiger charge is 2.31. The van der Waals surface area contributed by atoms with Crippen molar-refractivity contribution in [2.75, 3.05) is 26.8 Å². The molecule has 0 atom stereocenters. The number of hydrogen-bond donors (Lipinski definition) is 0. The smallest absolute Gasteiger partial charge is 0.384 e. The van der Waals surface area contributed by atoms with Crippen LogP contribution in [0.5, 0.6) is 0 Å². The summed E-state index contributed by atoms with van der Waals surface area (Å²) in [5.74, 6) is 1.76. The van der Waals surface area contributed by atoms with E-state index in [4.69, 9.17) is 9.73 Å². The molecule has 45 heavy (non-hydrogen) atoms. The van der Waals surface area contributed by atoms with Gasteiger partial charge in [-0.2, -0.15) is 13.2 Å². The molecule has 0 heterocycles. The molecule has 3 rings (SSSR count). The Morgan fingerprint density at radius 1 is 1.00 bits per heavy atom. The van der Waals surface area contributed by atoms with Gasteiger partial charge >= 0.3 is 6.18 Å². The van der Waals surface area contributed by atoms with E-state index in [0.29, 0.717) is 5.92 Å². The highest BCUT2D eigenvalue weighted by molar-refractivity contribution is 5.97. The van der Waals surface area contributed by atoms with Crippen molar-refractivity contribution < 1.29 is 22.7 Å². The molecule has 254 valence electrons. The molecule has 0 saturated heterocycles. The molecule has 7 heteroatoms. The van der Waals surface area contributed by atoms with Crippen molar-refractivity contribution in [2.24, 2.45) is 28.7 Å². The second-order valence-corrected chi connectivity index (χ2v) is 13.1. The standard InChI is InChI=1S/C18H30N2.C11H11F3O.C9H18O/c1-7-11-20(8-2)13-17-10-9-15(5)18(12-17)19-16(6)14(3)4;1-7(2)10(15)8-4-3-5-9(6-8)11(12,13)14;1-8-3-5-9(6-4-8)7-10-2/h9-10,12,14H,7-8,11,13H2,1-6H3;3-7H,1-2H3;8-9H,3-7H2,1-2H3. The van der Waals surface area contributed by atoms with Crippen LogP contribution in [0, 0.1) is 30.6 Å². The van der Waals surface area contributed by atoms with Crippen molar-refractivity contribution in [2.45, 2.75) is 107 Å². The summed E-state index contributed by atoms with van der Waals surface area (Å²) in [6, 6.07) is 11.2. The molecule has 2 aromatic rings. The molecular formula is C38H59F3N2O2. The van der Waals surface area contributed by atoms with E-state index in [1.165, 1.54) is 61.1 Å². The molecule has 0 unspecified atom stereocenters. The SMILES string of the molecule is CC(C)C(=O)c1cccc(C(F)(F)F)c1.CCCN(CC)Cc1ccc(C)c(N=C(C)C(C)C)c1.COCC1CCC(C)CC1. The van der Waals surface area contributed by atoms with Gasteiger partial charge in [0, 0.05) is 37.5 Å². The van der Waals surface area contributed by atoms with Gasteiger partial charge in [0.05, 0.1) is 11.3 Å². The second-order valence-electron chi connectivity index (χ2n) is 13.1. The van der Waals surface area contributed by atoms with E-state index in [-0.39, 0.29) is 17.3 Å². The molecule has 0 amide bonds. The lowest BCUT2D eigenvalue weighted by molar-refractivity contribution is -0.137. The highest BCUT2D eigenvalue weighted by atomic mass is 19.4. The maximum Gasteiger partial charge on any atom is 0.416 e. The first-order valence-electron chi connectivity index (χ1n) is 16.7. The minimum absolute atomic E-state index is 0.111. The lowest BCUT2D eigenvalue weighted by Crippen LogP contribution is -2.23. The molecule has 4 nitrogen and oxygen atoms in total. The van der Waals surface area contributed by atoms with Gasteiger partial charge in [-0.15, -0.1) is 0 Å². The number of halogens is 3. The van der Waals surface area contributed by atoms with Crippen molar-refractivity contribution in [1.82, 2.24) is 4.90 Å². The number of carbonyl (C=O) groups excluding carboxylic acids is 1. The lowest BCUT2D eigenvalue weighted by Gasteiger charge is -2.25. The van der Waals surface area contributed by atoms with Crippen molar-refractivity contribution in [3.63, 3.8) is 0 Å². The third-order valence-electron chi connectivity index (χ3n) is 8.34. The molecule has 1 saturated carbocycles. The minimum Gasteiger partial charge on any atom is -0.384 e. The largest absolute Gasteiger partial charge is 0.416 e. The van der Waals surface area contributed by atoms with Gasteiger partial charge < -0.3 is 4.74 Å². The lowest BCUT2D eigenvalue weighted by atomic mass is 9.83. The number of ketones is 1. The number of rotatable bonds is 11. The fourth-order valence-electron chi connectivity index (χ4n) is 5.03. The number of carbonyl (C=O) groups is 1. The van der Waals surface area contributed by atoms with Gasteiger partial charge in [0.2, 0.25) is 0 Å². The van der Waals surface area contributed by atoms with Crippen LogP contribution in [0.15, 0.2) is 47.5 Å². The average molecular weight is 633 g/mol. The minimum atomic E-state index is -4.40. The first-order chi connectivity index (χ1) is 21.1. The number of alkyl halides is 3. The Morgan fingerprint density at radius 2 is 1.64 bits per heavy atom. The van der Waals surface area contributed by atoms with Crippen LogP contribution >= 0.6 is 0 Å². The summed E-state index contributed by atoms with van der Waals surface area (Å²) >= 11 is 0.